The smallest absolute Gasteiger partial charge is 0.193 e. The number of rotatable bonds is 1. The van der Waals surface area contributed by atoms with Gasteiger partial charge < -0.3 is 0 Å². The van der Waals surface area contributed by atoms with Crippen molar-refractivity contribution >= 4 is 5.78 Å². The molecule has 3 rings (SSSR count). The van der Waals surface area contributed by atoms with E-state index in [0.717, 1.165) is 35.1 Å². The molecule has 0 amide bonds. The molecular weight excluding hydrogens is 220 g/mol. The molecule has 0 spiro atoms. The molecule has 0 radical (unpaired) electrons. The summed E-state index contributed by atoms with van der Waals surface area (Å²) in [5.41, 5.74) is 6.57. The van der Waals surface area contributed by atoms with Crippen molar-refractivity contribution < 1.29 is 4.79 Å². The number of aryl methyl sites for hydroxylation is 2. The zero-order valence-corrected chi connectivity index (χ0v) is 10.8. The Balaban J connectivity index is 2.22. The van der Waals surface area contributed by atoms with Gasteiger partial charge in [0.1, 0.15) is 0 Å². The van der Waals surface area contributed by atoms with Gasteiger partial charge in [-0.25, -0.2) is 0 Å². The predicted molar refractivity (Wildman–Crippen MR) is 73.2 cm³/mol. The van der Waals surface area contributed by atoms with Crippen LogP contribution in [-0.4, -0.2) is 5.78 Å². The lowest BCUT2D eigenvalue weighted by atomic mass is 9.82. The summed E-state index contributed by atoms with van der Waals surface area (Å²) in [5, 5.41) is 0. The molecule has 1 aliphatic rings. The highest BCUT2D eigenvalue weighted by Crippen LogP contribution is 2.30. The van der Waals surface area contributed by atoms with Crippen LogP contribution in [0.3, 0.4) is 0 Å². The molecule has 0 N–H and O–H groups in total. The van der Waals surface area contributed by atoms with Crippen molar-refractivity contribution in [2.75, 3.05) is 0 Å². The van der Waals surface area contributed by atoms with Crippen molar-refractivity contribution in [1.29, 1.82) is 0 Å². The molecule has 0 saturated carbocycles. The second-order valence-corrected chi connectivity index (χ2v) is 4.96. The van der Waals surface area contributed by atoms with Gasteiger partial charge in [0, 0.05) is 11.1 Å². The molecule has 0 bridgehead atoms. The number of carbonyl (C=O) groups is 1. The molecule has 0 fully saturated rings. The standard InChI is InChI=1S/C17H16O/c1-3-12-8-11(2)16-14(9-12)10-13-6-4-5-7-15(13)17(16)18/h4-9H,3,10H2,1-2H3. The topological polar surface area (TPSA) is 17.1 Å². The maximum atomic E-state index is 12.5. The van der Waals surface area contributed by atoms with Gasteiger partial charge in [-0.1, -0.05) is 43.3 Å². The Hall–Kier alpha value is -1.89. The van der Waals surface area contributed by atoms with Crippen molar-refractivity contribution in [2.45, 2.75) is 26.7 Å². The summed E-state index contributed by atoms with van der Waals surface area (Å²) in [6, 6.07) is 12.3. The summed E-state index contributed by atoms with van der Waals surface area (Å²) >= 11 is 0. The second-order valence-electron chi connectivity index (χ2n) is 4.96. The van der Waals surface area contributed by atoms with E-state index in [0.29, 0.717) is 0 Å². The third-order valence-corrected chi connectivity index (χ3v) is 3.76. The van der Waals surface area contributed by atoms with E-state index in [2.05, 4.69) is 25.1 Å². The number of hydrogen-bond donors (Lipinski definition) is 0. The van der Waals surface area contributed by atoms with Crippen LogP contribution in [0.1, 0.15) is 45.1 Å². The molecule has 0 heterocycles. The largest absolute Gasteiger partial charge is 0.289 e. The van der Waals surface area contributed by atoms with Gasteiger partial charge in [-0.2, -0.15) is 0 Å². The quantitative estimate of drug-likeness (QED) is 0.629. The van der Waals surface area contributed by atoms with Gasteiger partial charge >= 0.3 is 0 Å². The van der Waals surface area contributed by atoms with Crippen LogP contribution in [0.15, 0.2) is 36.4 Å². The van der Waals surface area contributed by atoms with Crippen LogP contribution < -0.4 is 0 Å². The Kier molecular flexibility index (Phi) is 2.55. The highest BCUT2D eigenvalue weighted by molar-refractivity contribution is 6.13. The average molecular weight is 236 g/mol. The van der Waals surface area contributed by atoms with Crippen LogP contribution in [0.25, 0.3) is 0 Å². The molecule has 18 heavy (non-hydrogen) atoms. The monoisotopic (exact) mass is 236 g/mol. The van der Waals surface area contributed by atoms with E-state index in [1.54, 1.807) is 0 Å². The van der Waals surface area contributed by atoms with E-state index in [-0.39, 0.29) is 5.78 Å². The summed E-state index contributed by atoms with van der Waals surface area (Å²) in [6.45, 7) is 4.20. The third-order valence-electron chi connectivity index (χ3n) is 3.76. The van der Waals surface area contributed by atoms with E-state index in [9.17, 15) is 4.79 Å². The first kappa shape index (κ1) is 11.2. The molecule has 0 saturated heterocycles. The minimum atomic E-state index is 0.187. The number of hydrogen-bond acceptors (Lipinski definition) is 1. The van der Waals surface area contributed by atoms with Gasteiger partial charge in [-0.05, 0) is 42.0 Å². The first-order chi connectivity index (χ1) is 8.70. The normalized spacial score (nSPS) is 13.1. The number of benzene rings is 2. The lowest BCUT2D eigenvalue weighted by Gasteiger charge is -2.21. The zero-order valence-electron chi connectivity index (χ0n) is 10.8. The Bertz CT molecular complexity index is 638. The highest BCUT2D eigenvalue weighted by Gasteiger charge is 2.24. The molecule has 0 unspecified atom stereocenters. The molecule has 0 aromatic heterocycles. The van der Waals surface area contributed by atoms with Gasteiger partial charge in [0.05, 0.1) is 0 Å². The maximum Gasteiger partial charge on any atom is 0.193 e. The van der Waals surface area contributed by atoms with Crippen molar-refractivity contribution in [1.82, 2.24) is 0 Å². The van der Waals surface area contributed by atoms with E-state index >= 15 is 0 Å². The van der Waals surface area contributed by atoms with Gasteiger partial charge in [-0.3, -0.25) is 4.79 Å². The first-order valence-electron chi connectivity index (χ1n) is 6.45. The summed E-state index contributed by atoms with van der Waals surface area (Å²) < 4.78 is 0. The third kappa shape index (κ3) is 1.59. The summed E-state index contributed by atoms with van der Waals surface area (Å²) in [6.07, 6.45) is 1.90. The highest BCUT2D eigenvalue weighted by atomic mass is 16.1. The fourth-order valence-corrected chi connectivity index (χ4v) is 2.85. The van der Waals surface area contributed by atoms with Crippen molar-refractivity contribution in [3.63, 3.8) is 0 Å². The molecule has 90 valence electrons. The molecule has 1 heteroatoms. The molecule has 2 aromatic carbocycles. The fourth-order valence-electron chi connectivity index (χ4n) is 2.85. The van der Waals surface area contributed by atoms with E-state index < -0.39 is 0 Å². The SMILES string of the molecule is CCc1cc(C)c2c(c1)Cc1ccccc1C2=O. The fraction of sp³-hybridized carbons (Fsp3) is 0.235. The minimum absolute atomic E-state index is 0.187. The minimum Gasteiger partial charge on any atom is -0.289 e. The second kappa shape index (κ2) is 4.09. The van der Waals surface area contributed by atoms with Crippen LogP contribution in [0, 0.1) is 6.92 Å². The van der Waals surface area contributed by atoms with E-state index in [1.807, 2.05) is 25.1 Å². The van der Waals surface area contributed by atoms with Gasteiger partial charge in [-0.15, -0.1) is 0 Å². The van der Waals surface area contributed by atoms with E-state index in [1.165, 1.54) is 11.1 Å². The first-order valence-corrected chi connectivity index (χ1v) is 6.45. The maximum absolute atomic E-state index is 12.5. The zero-order chi connectivity index (χ0) is 12.7. The number of ketones is 1. The number of fused-ring (bicyclic) bond motifs is 2. The molecular formula is C17H16O. The molecule has 1 nitrogen and oxygen atoms in total. The predicted octanol–water partition coefficient (Wildman–Crippen LogP) is 3.69. The molecule has 0 atom stereocenters. The number of carbonyl (C=O) groups excluding carboxylic acids is 1. The summed E-state index contributed by atoms with van der Waals surface area (Å²) in [4.78, 5) is 12.5. The molecule has 1 aliphatic carbocycles. The van der Waals surface area contributed by atoms with Crippen LogP contribution in [0.5, 0.6) is 0 Å². The Morgan fingerprint density at radius 3 is 2.67 bits per heavy atom. The average Bonchev–Trinajstić information content (AvgIpc) is 2.38. The summed E-state index contributed by atoms with van der Waals surface area (Å²) in [5.74, 6) is 0.187. The van der Waals surface area contributed by atoms with Gasteiger partial charge in [0.2, 0.25) is 0 Å². The molecule has 2 aromatic rings. The van der Waals surface area contributed by atoms with E-state index in [4.69, 9.17) is 0 Å². The van der Waals surface area contributed by atoms with Gasteiger partial charge in [0.15, 0.2) is 5.78 Å². The van der Waals surface area contributed by atoms with Crippen molar-refractivity contribution in [3.8, 4) is 0 Å². The lowest BCUT2D eigenvalue weighted by molar-refractivity contribution is 0.103. The molecule has 0 aliphatic heterocycles. The van der Waals surface area contributed by atoms with Crippen LogP contribution >= 0.6 is 0 Å². The summed E-state index contributed by atoms with van der Waals surface area (Å²) in [7, 11) is 0. The van der Waals surface area contributed by atoms with Crippen molar-refractivity contribution in [3.05, 3.63) is 69.8 Å². The van der Waals surface area contributed by atoms with Crippen LogP contribution in [0.4, 0.5) is 0 Å². The Morgan fingerprint density at radius 2 is 1.89 bits per heavy atom. The van der Waals surface area contributed by atoms with Gasteiger partial charge in [0.25, 0.3) is 0 Å². The lowest BCUT2D eigenvalue weighted by Crippen LogP contribution is -2.16. The van der Waals surface area contributed by atoms with Crippen LogP contribution in [0.2, 0.25) is 0 Å². The van der Waals surface area contributed by atoms with Crippen molar-refractivity contribution in [2.24, 2.45) is 0 Å². The Morgan fingerprint density at radius 1 is 1.11 bits per heavy atom. The Labute approximate surface area is 107 Å². The van der Waals surface area contributed by atoms with Crippen LogP contribution in [-0.2, 0) is 12.8 Å².